The second-order valence-electron chi connectivity index (χ2n) is 8.59. The maximum atomic E-state index is 12.9. The Kier molecular flexibility index (Phi) is 7.13. The van der Waals surface area contributed by atoms with Crippen molar-refractivity contribution >= 4 is 11.6 Å². The summed E-state index contributed by atoms with van der Waals surface area (Å²) in [5.74, 6) is 0.526. The van der Waals surface area contributed by atoms with E-state index in [1.165, 1.54) is 0 Å². The first kappa shape index (κ1) is 20.8. The summed E-state index contributed by atoms with van der Waals surface area (Å²) in [6.07, 6.45) is 10.8. The molecular formula is C21H35N3O2. The predicted molar refractivity (Wildman–Crippen MR) is 103 cm³/mol. The molecule has 5 nitrogen and oxygen atoms in total. The molecule has 2 rings (SSSR count). The second-order valence-corrected chi connectivity index (χ2v) is 8.59. The van der Waals surface area contributed by atoms with Crippen LogP contribution in [0.5, 0.6) is 0 Å². The molecule has 0 spiro atoms. The van der Waals surface area contributed by atoms with E-state index in [0.29, 0.717) is 18.6 Å². The Morgan fingerprint density at radius 3 is 2.54 bits per heavy atom. The highest BCUT2D eigenvalue weighted by Crippen LogP contribution is 2.36. The zero-order valence-corrected chi connectivity index (χ0v) is 17.0. The van der Waals surface area contributed by atoms with Gasteiger partial charge < -0.3 is 0 Å². The number of ketones is 2. The summed E-state index contributed by atoms with van der Waals surface area (Å²) in [5, 5.41) is 8.48. The highest BCUT2D eigenvalue weighted by Gasteiger charge is 2.34. The van der Waals surface area contributed by atoms with Crippen LogP contribution in [0.1, 0.15) is 91.2 Å². The third-order valence-corrected chi connectivity index (χ3v) is 6.57. The largest absolute Gasteiger partial charge is 0.299 e. The molecule has 0 radical (unpaired) electrons. The van der Waals surface area contributed by atoms with Crippen LogP contribution in [-0.2, 0) is 22.6 Å². The van der Waals surface area contributed by atoms with E-state index >= 15 is 0 Å². The Morgan fingerprint density at radius 1 is 1.12 bits per heavy atom. The molecule has 146 valence electrons. The highest BCUT2D eigenvalue weighted by atomic mass is 16.1. The molecule has 2 atom stereocenters. The Balaban J connectivity index is 2.15. The van der Waals surface area contributed by atoms with E-state index in [4.69, 9.17) is 0 Å². The van der Waals surface area contributed by atoms with Crippen molar-refractivity contribution in [2.45, 2.75) is 98.4 Å². The summed E-state index contributed by atoms with van der Waals surface area (Å²) in [7, 11) is 0. The monoisotopic (exact) mass is 361 g/mol. The van der Waals surface area contributed by atoms with Gasteiger partial charge in [0.05, 0.1) is 5.69 Å². The third kappa shape index (κ3) is 5.24. The zero-order chi connectivity index (χ0) is 19.2. The van der Waals surface area contributed by atoms with Gasteiger partial charge in [0.2, 0.25) is 0 Å². The van der Waals surface area contributed by atoms with Gasteiger partial charge in [-0.3, -0.25) is 14.3 Å². The average molecular weight is 362 g/mol. The second kappa shape index (κ2) is 8.92. The number of carbonyl (C=O) groups is 2. The van der Waals surface area contributed by atoms with Crippen LogP contribution in [0.25, 0.3) is 0 Å². The molecular weight excluding hydrogens is 326 g/mol. The molecule has 2 bridgehead atoms. The summed E-state index contributed by atoms with van der Waals surface area (Å²) >= 11 is 0. The maximum absolute atomic E-state index is 12.9. The number of nitrogens with zero attached hydrogens (tertiary/aromatic N) is 3. The zero-order valence-electron chi connectivity index (χ0n) is 17.0. The SMILES string of the molecule is CC[C@@]1(C)CCCCc2cn(nn2)CCCC[C@@](C)(C(C)=O)CCC1=O. The lowest BCUT2D eigenvalue weighted by molar-refractivity contribution is -0.131. The molecule has 1 aromatic heterocycles. The first-order valence-electron chi connectivity index (χ1n) is 10.2. The van der Waals surface area contributed by atoms with Gasteiger partial charge in [-0.25, -0.2) is 0 Å². The van der Waals surface area contributed by atoms with Gasteiger partial charge in [-0.1, -0.05) is 38.8 Å². The Hall–Kier alpha value is -1.52. The highest BCUT2D eigenvalue weighted by molar-refractivity contribution is 5.86. The number of hydrogen-bond donors (Lipinski definition) is 0. The quantitative estimate of drug-likeness (QED) is 0.776. The van der Waals surface area contributed by atoms with E-state index in [0.717, 1.165) is 63.6 Å². The molecule has 2 heterocycles. The van der Waals surface area contributed by atoms with Crippen molar-refractivity contribution in [1.29, 1.82) is 0 Å². The van der Waals surface area contributed by atoms with Crippen molar-refractivity contribution < 1.29 is 9.59 Å². The molecule has 1 aliphatic rings. The van der Waals surface area contributed by atoms with Crippen molar-refractivity contribution in [2.75, 3.05) is 0 Å². The molecule has 0 saturated heterocycles. The fraction of sp³-hybridized carbons (Fsp3) is 0.810. The van der Waals surface area contributed by atoms with Crippen LogP contribution in [0.3, 0.4) is 0 Å². The minimum absolute atomic E-state index is 0.202. The first-order chi connectivity index (χ1) is 12.3. The number of carbonyl (C=O) groups excluding carboxylic acids is 2. The number of hydrogen-bond acceptors (Lipinski definition) is 4. The molecule has 0 saturated carbocycles. The average Bonchev–Trinajstić information content (AvgIpc) is 3.07. The molecule has 0 fully saturated rings. The van der Waals surface area contributed by atoms with E-state index in [2.05, 4.69) is 24.2 Å². The van der Waals surface area contributed by atoms with Crippen LogP contribution in [0.4, 0.5) is 0 Å². The number of fused-ring (bicyclic) bond motifs is 2. The van der Waals surface area contributed by atoms with Gasteiger partial charge in [-0.15, -0.1) is 5.10 Å². The topological polar surface area (TPSA) is 64.8 Å². The summed E-state index contributed by atoms with van der Waals surface area (Å²) in [5.41, 5.74) is 0.372. The third-order valence-electron chi connectivity index (χ3n) is 6.57. The van der Waals surface area contributed by atoms with Crippen molar-refractivity contribution in [3.63, 3.8) is 0 Å². The van der Waals surface area contributed by atoms with Gasteiger partial charge in [0.25, 0.3) is 0 Å². The van der Waals surface area contributed by atoms with Gasteiger partial charge in [0.15, 0.2) is 0 Å². The summed E-state index contributed by atoms with van der Waals surface area (Å²) in [4.78, 5) is 25.2. The molecule has 0 aromatic carbocycles. The molecule has 1 aromatic rings. The summed E-state index contributed by atoms with van der Waals surface area (Å²) < 4.78 is 1.92. The fourth-order valence-corrected chi connectivity index (χ4v) is 3.85. The first-order valence-corrected chi connectivity index (χ1v) is 10.2. The maximum Gasteiger partial charge on any atom is 0.138 e. The number of aromatic nitrogens is 3. The van der Waals surface area contributed by atoms with Crippen LogP contribution in [-0.4, -0.2) is 26.6 Å². The van der Waals surface area contributed by atoms with Gasteiger partial charge in [0, 0.05) is 30.0 Å². The molecule has 0 aliphatic carbocycles. The van der Waals surface area contributed by atoms with Crippen molar-refractivity contribution in [3.05, 3.63) is 11.9 Å². The number of rotatable bonds is 2. The van der Waals surface area contributed by atoms with Gasteiger partial charge >= 0.3 is 0 Å². The Bertz CT molecular complexity index is 614. The van der Waals surface area contributed by atoms with Gasteiger partial charge in [0.1, 0.15) is 11.6 Å². The minimum atomic E-state index is -0.394. The van der Waals surface area contributed by atoms with Gasteiger partial charge in [-0.05, 0) is 51.9 Å². The molecule has 0 unspecified atom stereocenters. The van der Waals surface area contributed by atoms with E-state index in [9.17, 15) is 9.59 Å². The van der Waals surface area contributed by atoms with Gasteiger partial charge in [-0.2, -0.15) is 0 Å². The normalized spacial score (nSPS) is 29.5. The summed E-state index contributed by atoms with van der Waals surface area (Å²) in [6, 6.07) is 0. The lowest BCUT2D eigenvalue weighted by Crippen LogP contribution is -2.31. The lowest BCUT2D eigenvalue weighted by atomic mass is 9.72. The molecule has 26 heavy (non-hydrogen) atoms. The Morgan fingerprint density at radius 2 is 1.85 bits per heavy atom. The van der Waals surface area contributed by atoms with E-state index in [1.807, 2.05) is 17.8 Å². The molecule has 1 aliphatic heterocycles. The fourth-order valence-electron chi connectivity index (χ4n) is 3.85. The smallest absolute Gasteiger partial charge is 0.138 e. The van der Waals surface area contributed by atoms with Crippen molar-refractivity contribution in [1.82, 2.24) is 15.0 Å². The van der Waals surface area contributed by atoms with Crippen molar-refractivity contribution in [2.24, 2.45) is 10.8 Å². The van der Waals surface area contributed by atoms with Crippen molar-refractivity contribution in [3.8, 4) is 0 Å². The lowest BCUT2D eigenvalue weighted by Gasteiger charge is -2.31. The Labute approximate surface area is 157 Å². The van der Waals surface area contributed by atoms with Crippen LogP contribution in [0.2, 0.25) is 0 Å². The van der Waals surface area contributed by atoms with E-state index in [-0.39, 0.29) is 11.2 Å². The van der Waals surface area contributed by atoms with Crippen LogP contribution < -0.4 is 0 Å². The van der Waals surface area contributed by atoms with Crippen LogP contribution in [0.15, 0.2) is 6.20 Å². The van der Waals surface area contributed by atoms with Crippen LogP contribution in [0, 0.1) is 10.8 Å². The van der Waals surface area contributed by atoms with E-state index < -0.39 is 5.41 Å². The van der Waals surface area contributed by atoms with Crippen LogP contribution >= 0.6 is 0 Å². The summed E-state index contributed by atoms with van der Waals surface area (Å²) in [6.45, 7) is 8.74. The molecule has 0 N–H and O–H groups in total. The predicted octanol–water partition coefficient (Wildman–Crippen LogP) is 4.54. The minimum Gasteiger partial charge on any atom is -0.299 e. The van der Waals surface area contributed by atoms with E-state index in [1.54, 1.807) is 6.92 Å². The molecule has 5 heteroatoms. The number of aryl methyl sites for hydroxylation is 2. The molecule has 0 amide bonds. The standard InChI is InChI=1S/C21H35N3O2/c1-5-20(3)12-7-6-10-18-16-24(23-22-18)15-9-8-13-21(4,17(2)25)14-11-19(20)26/h16H,5-15H2,1-4H3/t20-,21+/m0/s1. The number of Topliss-reactive ketones (excluding diaryl/α,β-unsaturated/α-hetero) is 2.